The molecule has 0 aliphatic heterocycles. The van der Waals surface area contributed by atoms with E-state index in [9.17, 15) is 13.6 Å². The lowest BCUT2D eigenvalue weighted by Gasteiger charge is -2.09. The highest BCUT2D eigenvalue weighted by Gasteiger charge is 2.16. The smallest absolute Gasteiger partial charge is 0.305 e. The van der Waals surface area contributed by atoms with Crippen LogP contribution in [0.4, 0.5) is 25.0 Å². The fourth-order valence-corrected chi connectivity index (χ4v) is 2.65. The highest BCUT2D eigenvalue weighted by Crippen LogP contribution is 2.22. The minimum absolute atomic E-state index is 0.0825. The summed E-state index contributed by atoms with van der Waals surface area (Å²) in [5.41, 5.74) is 2.35. The molecule has 1 aromatic heterocycles. The van der Waals surface area contributed by atoms with Crippen molar-refractivity contribution in [2.45, 2.75) is 20.4 Å². The molecule has 0 aliphatic carbocycles. The van der Waals surface area contributed by atoms with E-state index in [4.69, 9.17) is 0 Å². The molecule has 134 valence electrons. The van der Waals surface area contributed by atoms with Crippen LogP contribution in [-0.4, -0.2) is 15.8 Å². The van der Waals surface area contributed by atoms with E-state index in [0.717, 1.165) is 0 Å². The molecule has 26 heavy (non-hydrogen) atoms. The minimum Gasteiger partial charge on any atom is -0.305 e. The molecular formula is C19H18F2N4O. The van der Waals surface area contributed by atoms with Gasteiger partial charge in [-0.1, -0.05) is 30.3 Å². The maximum atomic E-state index is 13.8. The van der Waals surface area contributed by atoms with E-state index in [2.05, 4.69) is 15.7 Å². The molecule has 3 rings (SSSR count). The summed E-state index contributed by atoms with van der Waals surface area (Å²) < 4.78 is 29.1. The van der Waals surface area contributed by atoms with E-state index >= 15 is 0 Å². The summed E-state index contributed by atoms with van der Waals surface area (Å²) >= 11 is 0. The molecule has 3 aromatic rings. The predicted octanol–water partition coefficient (Wildman–Crippen LogP) is 4.47. The van der Waals surface area contributed by atoms with Crippen LogP contribution in [-0.2, 0) is 6.54 Å². The van der Waals surface area contributed by atoms with Gasteiger partial charge in [-0.3, -0.25) is 4.68 Å². The van der Waals surface area contributed by atoms with E-state index < -0.39 is 11.8 Å². The third-order valence-electron chi connectivity index (χ3n) is 4.02. The van der Waals surface area contributed by atoms with Crippen LogP contribution in [0.2, 0.25) is 0 Å². The lowest BCUT2D eigenvalue weighted by Crippen LogP contribution is -2.21. The van der Waals surface area contributed by atoms with Gasteiger partial charge in [0.25, 0.3) is 0 Å². The van der Waals surface area contributed by atoms with Gasteiger partial charge in [0.2, 0.25) is 0 Å². The summed E-state index contributed by atoms with van der Waals surface area (Å²) in [5, 5.41) is 9.50. The second-order valence-electron chi connectivity index (χ2n) is 5.85. The van der Waals surface area contributed by atoms with Crippen LogP contribution >= 0.6 is 0 Å². The zero-order valence-corrected chi connectivity index (χ0v) is 14.4. The molecule has 2 aromatic carbocycles. The highest BCUT2D eigenvalue weighted by molar-refractivity contribution is 6.00. The lowest BCUT2D eigenvalue weighted by atomic mass is 10.2. The van der Waals surface area contributed by atoms with E-state index in [1.807, 2.05) is 0 Å². The predicted molar refractivity (Wildman–Crippen MR) is 96.2 cm³/mol. The molecule has 0 saturated carbocycles. The van der Waals surface area contributed by atoms with Crippen LogP contribution in [0.15, 0.2) is 48.5 Å². The number of urea groups is 1. The Bertz CT molecular complexity index is 952. The number of amides is 2. The Morgan fingerprint density at radius 2 is 1.65 bits per heavy atom. The van der Waals surface area contributed by atoms with Crippen molar-refractivity contribution in [3.8, 4) is 0 Å². The fourth-order valence-electron chi connectivity index (χ4n) is 2.65. The van der Waals surface area contributed by atoms with Crippen LogP contribution in [0.1, 0.15) is 17.0 Å². The molecule has 0 radical (unpaired) electrons. The Balaban J connectivity index is 1.77. The first kappa shape index (κ1) is 17.6. The number of carbonyl (C=O) groups excluding carboxylic acids is 1. The average molecular weight is 356 g/mol. The second kappa shape index (κ2) is 7.35. The number of nitrogens with zero attached hydrogens (tertiary/aromatic N) is 2. The molecule has 0 bridgehead atoms. The molecule has 0 fully saturated rings. The van der Waals surface area contributed by atoms with Gasteiger partial charge in [0.05, 0.1) is 29.3 Å². The number of benzene rings is 2. The third kappa shape index (κ3) is 3.72. The summed E-state index contributed by atoms with van der Waals surface area (Å²) in [7, 11) is 0. The van der Waals surface area contributed by atoms with Gasteiger partial charge in [-0.15, -0.1) is 0 Å². The summed E-state index contributed by atoms with van der Waals surface area (Å²) in [4.78, 5) is 12.2. The Hall–Kier alpha value is -3.22. The quantitative estimate of drug-likeness (QED) is 0.725. The summed E-state index contributed by atoms with van der Waals surface area (Å²) in [6, 6.07) is 11.8. The van der Waals surface area contributed by atoms with Gasteiger partial charge in [-0.2, -0.15) is 5.10 Å². The van der Waals surface area contributed by atoms with E-state index in [1.165, 1.54) is 18.2 Å². The van der Waals surface area contributed by atoms with Crippen LogP contribution in [0.5, 0.6) is 0 Å². The number of halogens is 2. The molecule has 5 nitrogen and oxygen atoms in total. The maximum absolute atomic E-state index is 13.8. The van der Waals surface area contributed by atoms with Crippen molar-refractivity contribution in [1.29, 1.82) is 0 Å². The van der Waals surface area contributed by atoms with Gasteiger partial charge in [0.1, 0.15) is 11.6 Å². The molecule has 7 heteroatoms. The zero-order valence-electron chi connectivity index (χ0n) is 14.4. The normalized spacial score (nSPS) is 10.6. The Morgan fingerprint density at radius 3 is 2.35 bits per heavy atom. The summed E-state index contributed by atoms with van der Waals surface area (Å²) in [6.45, 7) is 3.76. The van der Waals surface area contributed by atoms with Gasteiger partial charge < -0.3 is 10.6 Å². The largest absolute Gasteiger partial charge is 0.323 e. The van der Waals surface area contributed by atoms with Gasteiger partial charge in [-0.25, -0.2) is 13.6 Å². The number of aromatic nitrogens is 2. The molecule has 0 atom stereocenters. The van der Waals surface area contributed by atoms with Gasteiger partial charge in [0, 0.05) is 5.56 Å². The van der Waals surface area contributed by atoms with Crippen LogP contribution in [0.25, 0.3) is 0 Å². The number of rotatable bonds is 4. The first-order chi connectivity index (χ1) is 12.5. The van der Waals surface area contributed by atoms with Crippen molar-refractivity contribution in [3.05, 3.63) is 77.1 Å². The van der Waals surface area contributed by atoms with Gasteiger partial charge in [-0.05, 0) is 32.0 Å². The number of carbonyl (C=O) groups is 1. The standard InChI is InChI=1S/C19H18F2N4O/c1-12-18(23-19(26)22-17-10-6-5-9-16(17)21)13(2)25(24-12)11-14-7-3-4-8-15(14)20/h3-10H,11H2,1-2H3,(H2,22,23,26). The first-order valence-electron chi connectivity index (χ1n) is 8.05. The van der Waals surface area contributed by atoms with Crippen molar-refractivity contribution in [1.82, 2.24) is 9.78 Å². The Kier molecular flexibility index (Phi) is 4.97. The monoisotopic (exact) mass is 356 g/mol. The van der Waals surface area contributed by atoms with Crippen LogP contribution in [0, 0.1) is 25.5 Å². The average Bonchev–Trinajstić information content (AvgIpc) is 2.86. The van der Waals surface area contributed by atoms with Crippen molar-refractivity contribution in [2.75, 3.05) is 10.6 Å². The van der Waals surface area contributed by atoms with Gasteiger partial charge in [0.15, 0.2) is 0 Å². The number of hydrogen-bond donors (Lipinski definition) is 2. The number of aryl methyl sites for hydroxylation is 1. The second-order valence-corrected chi connectivity index (χ2v) is 5.85. The van der Waals surface area contributed by atoms with Crippen molar-refractivity contribution in [3.63, 3.8) is 0 Å². The molecular weight excluding hydrogens is 338 g/mol. The summed E-state index contributed by atoms with van der Waals surface area (Å²) in [5.74, 6) is -0.835. The minimum atomic E-state index is -0.577. The Morgan fingerprint density at radius 1 is 1.00 bits per heavy atom. The van der Waals surface area contributed by atoms with Crippen LogP contribution < -0.4 is 10.6 Å². The molecule has 0 saturated heterocycles. The van der Waals surface area contributed by atoms with Crippen molar-refractivity contribution < 1.29 is 13.6 Å². The molecule has 2 N–H and O–H groups in total. The van der Waals surface area contributed by atoms with E-state index in [0.29, 0.717) is 22.6 Å². The van der Waals surface area contributed by atoms with Crippen LogP contribution in [0.3, 0.4) is 0 Å². The van der Waals surface area contributed by atoms with E-state index in [1.54, 1.807) is 48.9 Å². The Labute approximate surface area is 149 Å². The highest BCUT2D eigenvalue weighted by atomic mass is 19.1. The molecule has 0 unspecified atom stereocenters. The summed E-state index contributed by atoms with van der Waals surface area (Å²) in [6.07, 6.45) is 0. The SMILES string of the molecule is Cc1nn(Cc2ccccc2F)c(C)c1NC(=O)Nc1ccccc1F. The topological polar surface area (TPSA) is 59.0 Å². The van der Waals surface area contributed by atoms with E-state index in [-0.39, 0.29) is 18.0 Å². The lowest BCUT2D eigenvalue weighted by molar-refractivity contribution is 0.262. The molecule has 1 heterocycles. The zero-order chi connectivity index (χ0) is 18.7. The number of anilines is 2. The molecule has 0 aliphatic rings. The fraction of sp³-hybridized carbons (Fsp3) is 0.158. The van der Waals surface area contributed by atoms with Crippen molar-refractivity contribution >= 4 is 17.4 Å². The number of nitrogens with one attached hydrogen (secondary N) is 2. The molecule has 0 spiro atoms. The molecule has 2 amide bonds. The third-order valence-corrected chi connectivity index (χ3v) is 4.02. The maximum Gasteiger partial charge on any atom is 0.323 e. The van der Waals surface area contributed by atoms with Crippen molar-refractivity contribution in [2.24, 2.45) is 0 Å². The number of hydrogen-bond acceptors (Lipinski definition) is 2. The van der Waals surface area contributed by atoms with Gasteiger partial charge >= 0.3 is 6.03 Å². The first-order valence-corrected chi connectivity index (χ1v) is 8.05. The number of para-hydroxylation sites is 1.